The van der Waals surface area contributed by atoms with E-state index in [0.29, 0.717) is 5.25 Å². The van der Waals surface area contributed by atoms with Crippen LogP contribution in [0.3, 0.4) is 0 Å². The van der Waals surface area contributed by atoms with Crippen molar-refractivity contribution in [2.75, 3.05) is 20.1 Å². The maximum atomic E-state index is 12.8. The van der Waals surface area contributed by atoms with Crippen molar-refractivity contribution in [2.45, 2.75) is 82.0 Å². The van der Waals surface area contributed by atoms with Crippen LogP contribution in [0.25, 0.3) is 6.08 Å². The van der Waals surface area contributed by atoms with E-state index < -0.39 is 0 Å². The Hall–Kier alpha value is -1.79. The number of thioether (sulfide) groups is 1. The second kappa shape index (κ2) is 11.6. The smallest absolute Gasteiger partial charge is 0.257 e. The normalized spacial score (nSPS) is 27.3. The maximum absolute atomic E-state index is 12.8. The summed E-state index contributed by atoms with van der Waals surface area (Å²) in [6, 6.07) is 9.05. The Balaban J connectivity index is 1.21. The fraction of sp³-hybridized carbons (Fsp3) is 0.630. The molecule has 2 aliphatic carbocycles. The van der Waals surface area contributed by atoms with Crippen molar-refractivity contribution in [2.24, 2.45) is 5.92 Å². The van der Waals surface area contributed by atoms with Gasteiger partial charge in [-0.1, -0.05) is 49.1 Å². The second-order valence-corrected chi connectivity index (χ2v) is 11.4. The van der Waals surface area contributed by atoms with Gasteiger partial charge in [-0.15, -0.1) is 11.8 Å². The number of rotatable bonds is 7. The number of amides is 2. The zero-order valence-corrected chi connectivity index (χ0v) is 21.0. The van der Waals surface area contributed by atoms with E-state index in [1.165, 1.54) is 37.7 Å². The predicted octanol–water partition coefficient (Wildman–Crippen LogP) is 4.51. The lowest BCUT2D eigenvalue weighted by Gasteiger charge is -2.39. The molecule has 180 valence electrons. The Morgan fingerprint density at radius 3 is 2.67 bits per heavy atom. The van der Waals surface area contributed by atoms with Crippen LogP contribution in [0.5, 0.6) is 0 Å². The van der Waals surface area contributed by atoms with Gasteiger partial charge in [0.25, 0.3) is 5.91 Å². The van der Waals surface area contributed by atoms with Crippen molar-refractivity contribution in [3.8, 4) is 0 Å². The lowest BCUT2D eigenvalue weighted by Crippen LogP contribution is -2.51. The highest BCUT2D eigenvalue weighted by Crippen LogP contribution is 2.40. The first-order chi connectivity index (χ1) is 16.0. The number of benzene rings is 1. The summed E-state index contributed by atoms with van der Waals surface area (Å²) >= 11 is 1.69. The van der Waals surface area contributed by atoms with Gasteiger partial charge in [0, 0.05) is 29.8 Å². The summed E-state index contributed by atoms with van der Waals surface area (Å²) in [5.41, 5.74) is 2.27. The van der Waals surface area contributed by atoms with Gasteiger partial charge >= 0.3 is 0 Å². The molecule has 3 unspecified atom stereocenters. The van der Waals surface area contributed by atoms with E-state index in [9.17, 15) is 9.59 Å². The van der Waals surface area contributed by atoms with Crippen molar-refractivity contribution >= 4 is 29.7 Å². The van der Waals surface area contributed by atoms with E-state index in [4.69, 9.17) is 0 Å². The summed E-state index contributed by atoms with van der Waals surface area (Å²) in [6.07, 6.45) is 12.3. The molecule has 1 saturated heterocycles. The summed E-state index contributed by atoms with van der Waals surface area (Å²) in [5.74, 6) is 0.161. The summed E-state index contributed by atoms with van der Waals surface area (Å²) in [6.45, 7) is 3.85. The van der Waals surface area contributed by atoms with Crippen molar-refractivity contribution in [1.29, 1.82) is 0 Å². The van der Waals surface area contributed by atoms with E-state index in [2.05, 4.69) is 53.8 Å². The molecule has 6 heteroatoms. The van der Waals surface area contributed by atoms with E-state index in [1.807, 2.05) is 6.08 Å². The Bertz CT molecular complexity index is 847. The highest BCUT2D eigenvalue weighted by Gasteiger charge is 2.39. The molecule has 1 heterocycles. The molecule has 1 aliphatic heterocycles. The largest absolute Gasteiger partial charge is 0.356 e. The van der Waals surface area contributed by atoms with Crippen LogP contribution in [0, 0.1) is 12.8 Å². The highest BCUT2D eigenvalue weighted by atomic mass is 32.2. The molecule has 5 nitrogen and oxygen atoms in total. The summed E-state index contributed by atoms with van der Waals surface area (Å²) in [7, 11) is 2.23. The molecule has 2 amide bonds. The Morgan fingerprint density at radius 1 is 1.15 bits per heavy atom. The fourth-order valence-corrected chi connectivity index (χ4v) is 6.73. The van der Waals surface area contributed by atoms with Crippen LogP contribution in [0.2, 0.25) is 0 Å². The predicted molar refractivity (Wildman–Crippen MR) is 137 cm³/mol. The Kier molecular flexibility index (Phi) is 8.53. The molecule has 1 aromatic carbocycles. The number of carbonyl (C=O) groups excluding carboxylic acids is 2. The molecule has 2 saturated carbocycles. The number of hydrogen-bond donors (Lipinski definition) is 2. The van der Waals surface area contributed by atoms with Crippen molar-refractivity contribution in [3.05, 3.63) is 40.3 Å². The molecule has 3 fully saturated rings. The first-order valence-corrected chi connectivity index (χ1v) is 13.6. The third-order valence-electron chi connectivity index (χ3n) is 7.54. The van der Waals surface area contributed by atoms with Gasteiger partial charge in [0.15, 0.2) is 0 Å². The van der Waals surface area contributed by atoms with Crippen molar-refractivity contribution in [1.82, 2.24) is 15.5 Å². The molecule has 0 bridgehead atoms. The molecule has 0 radical (unpaired) electrons. The van der Waals surface area contributed by atoms with Gasteiger partial charge in [-0.3, -0.25) is 9.59 Å². The van der Waals surface area contributed by atoms with Gasteiger partial charge in [0.1, 0.15) is 0 Å². The SMILES string of the molecule is Cc1ccc(/C=C2/SC3CCC(C(=O)NCCCN(C)C4CCCCC4)CC3NC2=O)cc1. The van der Waals surface area contributed by atoms with Crippen LogP contribution in [-0.2, 0) is 9.59 Å². The molecule has 0 aromatic heterocycles. The Morgan fingerprint density at radius 2 is 1.91 bits per heavy atom. The average Bonchev–Trinajstić information content (AvgIpc) is 2.83. The molecular formula is C27H39N3O2S. The van der Waals surface area contributed by atoms with Gasteiger partial charge < -0.3 is 15.5 Å². The summed E-state index contributed by atoms with van der Waals surface area (Å²) in [5, 5.41) is 6.71. The van der Waals surface area contributed by atoms with Crippen LogP contribution in [0.15, 0.2) is 29.2 Å². The van der Waals surface area contributed by atoms with Crippen LogP contribution in [0.1, 0.15) is 68.9 Å². The van der Waals surface area contributed by atoms with Crippen LogP contribution < -0.4 is 10.6 Å². The van der Waals surface area contributed by atoms with E-state index in [0.717, 1.165) is 55.3 Å². The quantitative estimate of drug-likeness (QED) is 0.456. The number of fused-ring (bicyclic) bond motifs is 1. The third kappa shape index (κ3) is 6.63. The summed E-state index contributed by atoms with van der Waals surface area (Å²) < 4.78 is 0. The minimum atomic E-state index is -0.00590. The molecule has 3 atom stereocenters. The minimum absolute atomic E-state index is 0.00542. The fourth-order valence-electron chi connectivity index (χ4n) is 5.43. The van der Waals surface area contributed by atoms with E-state index >= 15 is 0 Å². The van der Waals surface area contributed by atoms with Crippen molar-refractivity contribution in [3.63, 3.8) is 0 Å². The number of hydrogen-bond acceptors (Lipinski definition) is 4. The second-order valence-electron chi connectivity index (χ2n) is 10.1. The zero-order valence-electron chi connectivity index (χ0n) is 20.1. The standard InChI is InChI=1S/C27H39N3O2S/c1-19-9-11-20(12-10-19)17-25-27(32)29-23-18-21(13-14-24(23)33-25)26(31)28-15-6-16-30(2)22-7-4-3-5-8-22/h9-12,17,21-24H,3-8,13-16,18H2,1-2H3,(H,28,31)(H,29,32)/b25-17+. The molecule has 0 spiro atoms. The van der Waals surface area contributed by atoms with Crippen LogP contribution >= 0.6 is 11.8 Å². The lowest BCUT2D eigenvalue weighted by atomic mass is 9.84. The van der Waals surface area contributed by atoms with Crippen molar-refractivity contribution < 1.29 is 9.59 Å². The topological polar surface area (TPSA) is 61.4 Å². The van der Waals surface area contributed by atoms with Crippen LogP contribution in [-0.4, -0.2) is 54.2 Å². The zero-order chi connectivity index (χ0) is 23.2. The van der Waals surface area contributed by atoms with Gasteiger partial charge in [-0.05, 0) is 70.7 Å². The van der Waals surface area contributed by atoms with Gasteiger partial charge in [0.05, 0.1) is 4.91 Å². The average molecular weight is 470 g/mol. The minimum Gasteiger partial charge on any atom is -0.356 e. The first kappa shape index (κ1) is 24.3. The van der Waals surface area contributed by atoms with E-state index in [1.54, 1.807) is 11.8 Å². The molecule has 1 aromatic rings. The molecule has 33 heavy (non-hydrogen) atoms. The Labute approximate surface area is 203 Å². The summed E-state index contributed by atoms with van der Waals surface area (Å²) in [4.78, 5) is 28.7. The molecule has 4 rings (SSSR count). The molecular weight excluding hydrogens is 430 g/mol. The lowest BCUT2D eigenvalue weighted by molar-refractivity contribution is -0.127. The van der Waals surface area contributed by atoms with Gasteiger partial charge in [0.2, 0.25) is 5.91 Å². The number of nitrogens with one attached hydrogen (secondary N) is 2. The monoisotopic (exact) mass is 469 g/mol. The van der Waals surface area contributed by atoms with E-state index in [-0.39, 0.29) is 23.8 Å². The van der Waals surface area contributed by atoms with Gasteiger partial charge in [-0.25, -0.2) is 0 Å². The van der Waals surface area contributed by atoms with Gasteiger partial charge in [-0.2, -0.15) is 0 Å². The molecule has 3 aliphatic rings. The number of carbonyl (C=O) groups is 2. The van der Waals surface area contributed by atoms with Crippen LogP contribution in [0.4, 0.5) is 0 Å². The highest BCUT2D eigenvalue weighted by molar-refractivity contribution is 8.04. The number of nitrogens with zero attached hydrogens (tertiary/aromatic N) is 1. The molecule has 2 N–H and O–H groups in total. The first-order valence-electron chi connectivity index (χ1n) is 12.7. The maximum Gasteiger partial charge on any atom is 0.257 e. The third-order valence-corrected chi connectivity index (χ3v) is 8.96. The number of aryl methyl sites for hydroxylation is 1.